The van der Waals surface area contributed by atoms with Crippen LogP contribution in [-0.4, -0.2) is 15.6 Å². The van der Waals surface area contributed by atoms with Gasteiger partial charge < -0.3 is 10.3 Å². The van der Waals surface area contributed by atoms with Crippen LogP contribution >= 0.6 is 0 Å². The van der Waals surface area contributed by atoms with Crippen LogP contribution in [-0.2, 0) is 19.4 Å². The van der Waals surface area contributed by atoms with E-state index in [1.165, 1.54) is 35.0 Å². The molecule has 2 N–H and O–H groups in total. The molecule has 3 heterocycles. The van der Waals surface area contributed by atoms with E-state index in [0.717, 1.165) is 13.0 Å². The van der Waals surface area contributed by atoms with E-state index in [2.05, 4.69) is 22.5 Å². The van der Waals surface area contributed by atoms with Gasteiger partial charge in [-0.25, -0.2) is 0 Å². The fourth-order valence-corrected chi connectivity index (χ4v) is 2.81. The Labute approximate surface area is 95.3 Å². The molecule has 3 rings (SSSR count). The molecule has 0 spiro atoms. The summed E-state index contributed by atoms with van der Waals surface area (Å²) in [5.41, 5.74) is 10.2. The SMILES string of the molecule is C[C@H](N)Cc1c2n(c3ccncc13)CCC2. The molecule has 16 heavy (non-hydrogen) atoms. The van der Waals surface area contributed by atoms with Gasteiger partial charge in [-0.1, -0.05) is 0 Å². The molecule has 84 valence electrons. The van der Waals surface area contributed by atoms with Crippen LogP contribution < -0.4 is 5.73 Å². The van der Waals surface area contributed by atoms with Crippen molar-refractivity contribution in [1.29, 1.82) is 0 Å². The van der Waals surface area contributed by atoms with Crippen LogP contribution in [0.4, 0.5) is 0 Å². The number of hydrogen-bond acceptors (Lipinski definition) is 2. The molecule has 1 aliphatic rings. The Hall–Kier alpha value is -1.35. The quantitative estimate of drug-likeness (QED) is 0.831. The lowest BCUT2D eigenvalue weighted by Crippen LogP contribution is -2.18. The maximum atomic E-state index is 5.94. The molecule has 3 nitrogen and oxygen atoms in total. The molecular formula is C13H17N3. The lowest BCUT2D eigenvalue weighted by atomic mass is 10.0. The number of aromatic nitrogens is 2. The molecule has 0 amide bonds. The molecule has 1 aliphatic heterocycles. The van der Waals surface area contributed by atoms with Crippen molar-refractivity contribution in [2.24, 2.45) is 5.73 Å². The molecule has 0 saturated heterocycles. The summed E-state index contributed by atoms with van der Waals surface area (Å²) in [6.45, 7) is 3.22. The smallest absolute Gasteiger partial charge is 0.0516 e. The van der Waals surface area contributed by atoms with E-state index in [9.17, 15) is 0 Å². The minimum absolute atomic E-state index is 0.219. The molecule has 0 radical (unpaired) electrons. The number of pyridine rings is 1. The lowest BCUT2D eigenvalue weighted by molar-refractivity contribution is 0.733. The normalized spacial score (nSPS) is 16.6. The maximum absolute atomic E-state index is 5.94. The van der Waals surface area contributed by atoms with Crippen LogP contribution in [0, 0.1) is 0 Å². The van der Waals surface area contributed by atoms with E-state index in [1.807, 2.05) is 12.4 Å². The van der Waals surface area contributed by atoms with Gasteiger partial charge in [0.1, 0.15) is 0 Å². The number of nitrogens with two attached hydrogens (primary N) is 1. The van der Waals surface area contributed by atoms with E-state index in [1.54, 1.807) is 0 Å². The number of nitrogens with zero attached hydrogens (tertiary/aromatic N) is 2. The molecule has 2 aromatic rings. The zero-order valence-electron chi connectivity index (χ0n) is 9.61. The van der Waals surface area contributed by atoms with Crippen molar-refractivity contribution in [1.82, 2.24) is 9.55 Å². The van der Waals surface area contributed by atoms with Crippen LogP contribution in [0.25, 0.3) is 10.9 Å². The molecule has 0 saturated carbocycles. The summed E-state index contributed by atoms with van der Waals surface area (Å²) in [7, 11) is 0. The van der Waals surface area contributed by atoms with Gasteiger partial charge in [0, 0.05) is 36.1 Å². The second-order valence-corrected chi connectivity index (χ2v) is 4.75. The summed E-state index contributed by atoms with van der Waals surface area (Å²) < 4.78 is 2.44. The highest BCUT2D eigenvalue weighted by atomic mass is 15.0. The van der Waals surface area contributed by atoms with Crippen molar-refractivity contribution in [3.05, 3.63) is 29.7 Å². The first-order valence-corrected chi connectivity index (χ1v) is 5.97. The highest BCUT2D eigenvalue weighted by molar-refractivity contribution is 5.85. The van der Waals surface area contributed by atoms with Gasteiger partial charge in [0.25, 0.3) is 0 Å². The average Bonchev–Trinajstić information content (AvgIpc) is 2.82. The predicted molar refractivity (Wildman–Crippen MR) is 65.4 cm³/mol. The average molecular weight is 215 g/mol. The van der Waals surface area contributed by atoms with E-state index in [0.29, 0.717) is 0 Å². The Balaban J connectivity index is 2.25. The third kappa shape index (κ3) is 1.35. The zero-order chi connectivity index (χ0) is 11.1. The Morgan fingerprint density at radius 1 is 1.56 bits per heavy atom. The van der Waals surface area contributed by atoms with Gasteiger partial charge in [0.05, 0.1) is 5.52 Å². The number of fused-ring (bicyclic) bond motifs is 3. The topological polar surface area (TPSA) is 43.8 Å². The van der Waals surface area contributed by atoms with Crippen molar-refractivity contribution >= 4 is 10.9 Å². The molecule has 1 atom stereocenters. The lowest BCUT2D eigenvalue weighted by Gasteiger charge is -2.05. The van der Waals surface area contributed by atoms with Crippen molar-refractivity contribution < 1.29 is 0 Å². The first-order chi connectivity index (χ1) is 7.77. The van der Waals surface area contributed by atoms with Gasteiger partial charge in [0.2, 0.25) is 0 Å². The Bertz CT molecular complexity index is 525. The monoisotopic (exact) mass is 215 g/mol. The van der Waals surface area contributed by atoms with Crippen molar-refractivity contribution in [2.45, 2.75) is 38.8 Å². The van der Waals surface area contributed by atoms with E-state index >= 15 is 0 Å². The highest BCUT2D eigenvalue weighted by Gasteiger charge is 2.21. The van der Waals surface area contributed by atoms with Gasteiger partial charge in [0.15, 0.2) is 0 Å². The van der Waals surface area contributed by atoms with Crippen molar-refractivity contribution in [3.8, 4) is 0 Å². The van der Waals surface area contributed by atoms with Gasteiger partial charge in [-0.15, -0.1) is 0 Å². The molecule has 0 unspecified atom stereocenters. The van der Waals surface area contributed by atoms with E-state index in [-0.39, 0.29) is 6.04 Å². The summed E-state index contributed by atoms with van der Waals surface area (Å²) in [6.07, 6.45) is 7.28. The third-order valence-corrected chi connectivity index (χ3v) is 3.41. The minimum atomic E-state index is 0.219. The largest absolute Gasteiger partial charge is 0.344 e. The van der Waals surface area contributed by atoms with Crippen LogP contribution in [0.3, 0.4) is 0 Å². The molecule has 0 fully saturated rings. The summed E-state index contributed by atoms with van der Waals surface area (Å²) in [6, 6.07) is 2.34. The second kappa shape index (κ2) is 3.59. The summed E-state index contributed by atoms with van der Waals surface area (Å²) >= 11 is 0. The second-order valence-electron chi connectivity index (χ2n) is 4.75. The fraction of sp³-hybridized carbons (Fsp3) is 0.462. The highest BCUT2D eigenvalue weighted by Crippen LogP contribution is 2.31. The predicted octanol–water partition coefficient (Wildman–Crippen LogP) is 1.87. The van der Waals surface area contributed by atoms with Gasteiger partial charge in [-0.3, -0.25) is 4.98 Å². The molecule has 0 aromatic carbocycles. The van der Waals surface area contributed by atoms with Crippen LogP contribution in [0.2, 0.25) is 0 Å². The molecule has 0 aliphatic carbocycles. The van der Waals surface area contributed by atoms with Crippen molar-refractivity contribution in [3.63, 3.8) is 0 Å². The summed E-state index contributed by atoms with van der Waals surface area (Å²) in [5.74, 6) is 0. The number of rotatable bonds is 2. The Morgan fingerprint density at radius 3 is 3.25 bits per heavy atom. The number of aryl methyl sites for hydroxylation is 1. The van der Waals surface area contributed by atoms with E-state index in [4.69, 9.17) is 5.73 Å². The van der Waals surface area contributed by atoms with Crippen LogP contribution in [0.15, 0.2) is 18.5 Å². The standard InChI is InChI=1S/C13H17N3/c1-9(14)7-10-11-8-15-5-4-13(11)16-6-2-3-12(10)16/h4-5,8-9H,2-3,6-7,14H2,1H3/t9-/m0/s1. The molecular weight excluding hydrogens is 198 g/mol. The molecule has 2 aromatic heterocycles. The number of hydrogen-bond donors (Lipinski definition) is 1. The first kappa shape index (κ1) is 9.85. The molecule has 0 bridgehead atoms. The minimum Gasteiger partial charge on any atom is -0.344 e. The first-order valence-electron chi connectivity index (χ1n) is 5.97. The fourth-order valence-electron chi connectivity index (χ4n) is 2.81. The zero-order valence-corrected chi connectivity index (χ0v) is 9.61. The van der Waals surface area contributed by atoms with Crippen LogP contribution in [0.1, 0.15) is 24.6 Å². The summed E-state index contributed by atoms with van der Waals surface area (Å²) in [4.78, 5) is 4.24. The van der Waals surface area contributed by atoms with Crippen LogP contribution in [0.5, 0.6) is 0 Å². The maximum Gasteiger partial charge on any atom is 0.0516 e. The third-order valence-electron chi connectivity index (χ3n) is 3.41. The van der Waals surface area contributed by atoms with E-state index < -0.39 is 0 Å². The Morgan fingerprint density at radius 2 is 2.44 bits per heavy atom. The van der Waals surface area contributed by atoms with Gasteiger partial charge in [-0.05, 0) is 37.8 Å². The van der Waals surface area contributed by atoms with Gasteiger partial charge in [-0.2, -0.15) is 0 Å². The van der Waals surface area contributed by atoms with Gasteiger partial charge >= 0.3 is 0 Å². The van der Waals surface area contributed by atoms with Crippen molar-refractivity contribution in [2.75, 3.05) is 0 Å². The Kier molecular flexibility index (Phi) is 2.21. The molecule has 3 heteroatoms. The summed E-state index contributed by atoms with van der Waals surface area (Å²) in [5, 5.41) is 1.30.